The minimum absolute atomic E-state index is 0.00142. The molecule has 6 nitrogen and oxygen atoms in total. The molecule has 1 aromatic heterocycles. The minimum atomic E-state index is -0.519. The Morgan fingerprint density at radius 1 is 1.08 bits per heavy atom. The van der Waals surface area contributed by atoms with Crippen molar-refractivity contribution in [1.29, 1.82) is 5.41 Å². The van der Waals surface area contributed by atoms with Gasteiger partial charge in [-0.2, -0.15) is 4.99 Å². The zero-order valence-electron chi connectivity index (χ0n) is 13.4. The van der Waals surface area contributed by atoms with Crippen molar-refractivity contribution in [3.05, 3.63) is 91.9 Å². The quantitative estimate of drug-likeness (QED) is 0.471. The van der Waals surface area contributed by atoms with Crippen molar-refractivity contribution in [1.82, 2.24) is 9.97 Å². The van der Waals surface area contributed by atoms with E-state index in [9.17, 15) is 4.79 Å². The lowest BCUT2D eigenvalue weighted by molar-refractivity contribution is 0.300. The van der Waals surface area contributed by atoms with Crippen LogP contribution in [0.1, 0.15) is 11.3 Å². The fourth-order valence-electron chi connectivity index (χ4n) is 2.17. The first-order valence-electron chi connectivity index (χ1n) is 7.61. The van der Waals surface area contributed by atoms with Crippen LogP contribution in [0.25, 0.3) is 0 Å². The Hall–Kier alpha value is -2.83. The number of aromatic nitrogens is 2. The summed E-state index contributed by atoms with van der Waals surface area (Å²) < 4.78 is 5.61. The molecule has 0 aliphatic heterocycles. The van der Waals surface area contributed by atoms with Crippen molar-refractivity contribution < 1.29 is 4.74 Å². The largest absolute Gasteiger partial charge is 0.487 e. The number of nitrogens with one attached hydrogen (secondary N) is 3. The maximum atomic E-state index is 12.0. The Balaban J connectivity index is 1.88. The molecule has 132 valence electrons. The molecule has 0 amide bonds. The minimum Gasteiger partial charge on any atom is -0.487 e. The van der Waals surface area contributed by atoms with E-state index in [0.29, 0.717) is 22.0 Å². The van der Waals surface area contributed by atoms with E-state index in [0.717, 1.165) is 0 Å². The highest BCUT2D eigenvalue weighted by atomic mass is 35.5. The van der Waals surface area contributed by atoms with Gasteiger partial charge in [0.05, 0.1) is 5.69 Å². The molecule has 3 N–H and O–H groups in total. The van der Waals surface area contributed by atoms with Crippen LogP contribution in [0.15, 0.2) is 64.4 Å². The van der Waals surface area contributed by atoms with Gasteiger partial charge in [-0.15, -0.1) is 0 Å². The molecule has 0 aliphatic carbocycles. The average molecular weight is 389 g/mol. The molecule has 0 atom stereocenters. The number of rotatable bonds is 4. The molecule has 26 heavy (non-hydrogen) atoms. The number of benzene rings is 2. The van der Waals surface area contributed by atoms with E-state index in [4.69, 9.17) is 33.3 Å². The summed E-state index contributed by atoms with van der Waals surface area (Å²) in [5.41, 5.74) is 0.552. The number of ether oxygens (including phenoxy) is 1. The number of amidine groups is 1. The molecule has 0 saturated heterocycles. The Bertz CT molecular complexity index is 1060. The molecular formula is C18H14Cl2N4O2. The summed E-state index contributed by atoms with van der Waals surface area (Å²) in [4.78, 5) is 21.5. The van der Waals surface area contributed by atoms with Gasteiger partial charge in [0, 0.05) is 10.6 Å². The Kier molecular flexibility index (Phi) is 5.55. The first-order chi connectivity index (χ1) is 12.5. The summed E-state index contributed by atoms with van der Waals surface area (Å²) in [5.74, 6) is 0.541. The Labute approximate surface area is 158 Å². The molecule has 1 heterocycles. The van der Waals surface area contributed by atoms with Crippen LogP contribution in [-0.2, 0) is 6.61 Å². The molecule has 0 bridgehead atoms. The van der Waals surface area contributed by atoms with Gasteiger partial charge in [0.25, 0.3) is 5.56 Å². The zero-order chi connectivity index (χ0) is 18.5. The molecule has 0 aliphatic rings. The van der Waals surface area contributed by atoms with Crippen LogP contribution in [0.3, 0.4) is 0 Å². The van der Waals surface area contributed by atoms with Crippen LogP contribution in [0, 0.1) is 5.41 Å². The van der Waals surface area contributed by atoms with Crippen molar-refractivity contribution in [2.24, 2.45) is 4.99 Å². The third kappa shape index (κ3) is 4.41. The smallest absolute Gasteiger partial charge is 0.271 e. The number of hydrogen-bond acceptors (Lipinski definition) is 3. The lowest BCUT2D eigenvalue weighted by Crippen LogP contribution is -2.27. The van der Waals surface area contributed by atoms with Crippen molar-refractivity contribution in [2.75, 3.05) is 0 Å². The SMILES string of the molecule is N=C(/N=c1/[nH]c(COc2cccc(Cl)c2)c(Cl)c(=O)[nH]1)c1ccccc1. The highest BCUT2D eigenvalue weighted by molar-refractivity contribution is 6.31. The van der Waals surface area contributed by atoms with Gasteiger partial charge in [-0.3, -0.25) is 15.2 Å². The fourth-order valence-corrected chi connectivity index (χ4v) is 2.50. The van der Waals surface area contributed by atoms with Gasteiger partial charge in [0.1, 0.15) is 17.4 Å². The molecule has 3 rings (SSSR count). The van der Waals surface area contributed by atoms with Crippen molar-refractivity contribution in [3.8, 4) is 5.75 Å². The Morgan fingerprint density at radius 2 is 1.85 bits per heavy atom. The monoisotopic (exact) mass is 388 g/mol. The number of halogens is 2. The highest BCUT2D eigenvalue weighted by Crippen LogP contribution is 2.18. The zero-order valence-corrected chi connectivity index (χ0v) is 14.9. The summed E-state index contributed by atoms with van der Waals surface area (Å²) in [6.45, 7) is 0.0181. The van der Waals surface area contributed by atoms with E-state index in [1.165, 1.54) is 0 Å². The van der Waals surface area contributed by atoms with E-state index in [2.05, 4.69) is 15.0 Å². The predicted molar refractivity (Wildman–Crippen MR) is 101 cm³/mol. The second kappa shape index (κ2) is 8.03. The molecule has 8 heteroatoms. The summed E-state index contributed by atoms with van der Waals surface area (Å²) in [5, 5.41) is 8.54. The third-order valence-electron chi connectivity index (χ3n) is 3.42. The van der Waals surface area contributed by atoms with Gasteiger partial charge in [-0.25, -0.2) is 0 Å². The molecular weight excluding hydrogens is 375 g/mol. The number of nitrogens with zero attached hydrogens (tertiary/aromatic N) is 1. The average Bonchev–Trinajstić information content (AvgIpc) is 2.64. The number of aromatic amines is 2. The lowest BCUT2D eigenvalue weighted by atomic mass is 10.2. The van der Waals surface area contributed by atoms with Crippen molar-refractivity contribution in [3.63, 3.8) is 0 Å². The predicted octanol–water partition coefficient (Wildman–Crippen LogP) is 3.52. The lowest BCUT2D eigenvalue weighted by Gasteiger charge is -2.08. The van der Waals surface area contributed by atoms with Crippen LogP contribution >= 0.6 is 23.2 Å². The van der Waals surface area contributed by atoms with Crippen molar-refractivity contribution in [2.45, 2.75) is 6.61 Å². The second-order valence-corrected chi connectivity index (χ2v) is 6.11. The molecule has 0 radical (unpaired) electrons. The topological polar surface area (TPSA) is 94.1 Å². The second-order valence-electron chi connectivity index (χ2n) is 5.29. The van der Waals surface area contributed by atoms with Crippen LogP contribution in [-0.4, -0.2) is 15.8 Å². The highest BCUT2D eigenvalue weighted by Gasteiger charge is 2.08. The van der Waals surface area contributed by atoms with Gasteiger partial charge in [-0.05, 0) is 18.2 Å². The maximum absolute atomic E-state index is 12.0. The van der Waals surface area contributed by atoms with Gasteiger partial charge in [0.15, 0.2) is 5.84 Å². The van der Waals surface area contributed by atoms with Crippen LogP contribution < -0.4 is 15.9 Å². The first-order valence-corrected chi connectivity index (χ1v) is 8.36. The van der Waals surface area contributed by atoms with E-state index in [1.54, 1.807) is 48.5 Å². The summed E-state index contributed by atoms with van der Waals surface area (Å²) in [7, 11) is 0. The van der Waals surface area contributed by atoms with E-state index in [-0.39, 0.29) is 23.1 Å². The molecule has 3 aromatic rings. The van der Waals surface area contributed by atoms with Gasteiger partial charge >= 0.3 is 0 Å². The summed E-state index contributed by atoms with van der Waals surface area (Å²) >= 11 is 12.0. The molecule has 0 unspecified atom stereocenters. The van der Waals surface area contributed by atoms with Crippen molar-refractivity contribution >= 4 is 29.0 Å². The number of H-pyrrole nitrogens is 2. The molecule has 2 aromatic carbocycles. The molecule has 0 fully saturated rings. The third-order valence-corrected chi connectivity index (χ3v) is 4.05. The van der Waals surface area contributed by atoms with Gasteiger partial charge in [-0.1, -0.05) is 59.6 Å². The standard InChI is InChI=1S/C18H14Cl2N4O2/c19-12-7-4-8-13(9-12)26-10-14-15(20)17(25)24-18(22-14)23-16(21)11-5-2-1-3-6-11/h1-9H,10H2,(H3,21,22,23,24,25). The first kappa shape index (κ1) is 18.0. The van der Waals surface area contributed by atoms with E-state index in [1.807, 2.05) is 6.07 Å². The van der Waals surface area contributed by atoms with Crippen LogP contribution in [0.4, 0.5) is 0 Å². The fraction of sp³-hybridized carbons (Fsp3) is 0.0556. The van der Waals surface area contributed by atoms with Crippen LogP contribution in [0.5, 0.6) is 5.75 Å². The maximum Gasteiger partial charge on any atom is 0.271 e. The molecule has 0 spiro atoms. The van der Waals surface area contributed by atoms with E-state index < -0.39 is 5.56 Å². The van der Waals surface area contributed by atoms with Gasteiger partial charge < -0.3 is 9.72 Å². The number of hydrogen-bond donors (Lipinski definition) is 3. The normalized spacial score (nSPS) is 11.4. The summed E-state index contributed by atoms with van der Waals surface area (Å²) in [6, 6.07) is 15.8. The van der Waals surface area contributed by atoms with Gasteiger partial charge in [0.2, 0.25) is 5.62 Å². The van der Waals surface area contributed by atoms with Crippen LogP contribution in [0.2, 0.25) is 10.0 Å². The van der Waals surface area contributed by atoms with E-state index >= 15 is 0 Å². The Morgan fingerprint density at radius 3 is 2.58 bits per heavy atom. The molecule has 0 saturated carbocycles. The summed E-state index contributed by atoms with van der Waals surface area (Å²) in [6.07, 6.45) is 0.